The summed E-state index contributed by atoms with van der Waals surface area (Å²) in [5.41, 5.74) is 2.25. The van der Waals surface area contributed by atoms with Crippen molar-refractivity contribution in [3.8, 4) is 0 Å². The minimum absolute atomic E-state index is 0.698. The molecule has 0 atom stereocenters. The van der Waals surface area contributed by atoms with Crippen molar-refractivity contribution in [1.82, 2.24) is 15.2 Å². The van der Waals surface area contributed by atoms with Gasteiger partial charge in [-0.3, -0.25) is 0 Å². The molecule has 0 saturated heterocycles. The van der Waals surface area contributed by atoms with Crippen LogP contribution >= 0.6 is 0 Å². The summed E-state index contributed by atoms with van der Waals surface area (Å²) in [4.78, 5) is 4.50. The van der Waals surface area contributed by atoms with Crippen molar-refractivity contribution in [2.75, 3.05) is 11.9 Å². The van der Waals surface area contributed by atoms with Gasteiger partial charge in [-0.2, -0.15) is 0 Å². The molecule has 1 aromatic heterocycles. The molecule has 2 rings (SSSR count). The fraction of sp³-hybridized carbons (Fsp3) is 0.727. The Hall–Kier alpha value is -1.19. The lowest BCUT2D eigenvalue weighted by Crippen LogP contribution is -2.13. The third-order valence-corrected chi connectivity index (χ3v) is 2.73. The van der Waals surface area contributed by atoms with Crippen LogP contribution in [0.1, 0.15) is 44.0 Å². The molecule has 4 heteroatoms. The van der Waals surface area contributed by atoms with Gasteiger partial charge in [-0.05, 0) is 32.1 Å². The largest absolute Gasteiger partial charge is 0.353 e. The first-order valence-corrected chi connectivity index (χ1v) is 5.86. The summed E-state index contributed by atoms with van der Waals surface area (Å²) in [7, 11) is 0. The number of nitrogens with one attached hydrogen (secondary N) is 1. The van der Waals surface area contributed by atoms with E-state index in [2.05, 4.69) is 27.4 Å². The Morgan fingerprint density at radius 3 is 2.73 bits per heavy atom. The highest BCUT2D eigenvalue weighted by atomic mass is 15.2. The van der Waals surface area contributed by atoms with E-state index in [-0.39, 0.29) is 0 Å². The van der Waals surface area contributed by atoms with Crippen LogP contribution in [0.4, 0.5) is 5.95 Å². The summed E-state index contributed by atoms with van der Waals surface area (Å²) in [6, 6.07) is 0. The normalized spacial score (nSPS) is 14.7. The molecular weight excluding hydrogens is 188 g/mol. The maximum atomic E-state index is 4.50. The highest BCUT2D eigenvalue weighted by Gasteiger charge is 2.13. The fourth-order valence-corrected chi connectivity index (χ4v) is 1.81. The molecule has 4 nitrogen and oxygen atoms in total. The molecule has 1 aliphatic rings. The molecule has 1 aromatic rings. The highest BCUT2D eigenvalue weighted by Crippen LogP contribution is 2.17. The third-order valence-electron chi connectivity index (χ3n) is 2.73. The minimum atomic E-state index is 0.698. The maximum absolute atomic E-state index is 4.50. The van der Waals surface area contributed by atoms with Crippen LogP contribution in [0.2, 0.25) is 0 Å². The van der Waals surface area contributed by atoms with Gasteiger partial charge in [-0.1, -0.05) is 13.3 Å². The number of hydrogen-bond acceptors (Lipinski definition) is 4. The van der Waals surface area contributed by atoms with Crippen LogP contribution in [-0.4, -0.2) is 21.7 Å². The first-order chi connectivity index (χ1) is 7.40. The van der Waals surface area contributed by atoms with Gasteiger partial charge in [0.2, 0.25) is 5.95 Å². The van der Waals surface area contributed by atoms with E-state index in [0.29, 0.717) is 5.95 Å². The van der Waals surface area contributed by atoms with Gasteiger partial charge in [0, 0.05) is 6.54 Å². The molecule has 0 aliphatic heterocycles. The van der Waals surface area contributed by atoms with E-state index < -0.39 is 0 Å². The van der Waals surface area contributed by atoms with Crippen molar-refractivity contribution in [1.29, 1.82) is 0 Å². The fourth-order valence-electron chi connectivity index (χ4n) is 1.81. The lowest BCUT2D eigenvalue weighted by atomic mass is 10.0. The number of fused-ring (bicyclic) bond motifs is 1. The van der Waals surface area contributed by atoms with E-state index in [4.69, 9.17) is 0 Å². The van der Waals surface area contributed by atoms with E-state index in [1.165, 1.54) is 19.3 Å². The van der Waals surface area contributed by atoms with Crippen molar-refractivity contribution >= 4 is 5.95 Å². The molecule has 0 aromatic carbocycles. The molecule has 0 fully saturated rings. The van der Waals surface area contributed by atoms with Crippen LogP contribution in [-0.2, 0) is 12.8 Å². The van der Waals surface area contributed by atoms with Gasteiger partial charge in [0.1, 0.15) is 0 Å². The summed E-state index contributed by atoms with van der Waals surface area (Å²) < 4.78 is 0. The molecule has 0 unspecified atom stereocenters. The van der Waals surface area contributed by atoms with Crippen LogP contribution in [0.5, 0.6) is 0 Å². The zero-order chi connectivity index (χ0) is 10.5. The number of nitrogens with zero attached hydrogens (tertiary/aromatic N) is 3. The molecule has 1 aliphatic carbocycles. The first-order valence-electron chi connectivity index (χ1n) is 5.86. The number of unbranched alkanes of at least 4 members (excludes halogenated alkanes) is 1. The molecule has 0 spiro atoms. The van der Waals surface area contributed by atoms with Crippen LogP contribution < -0.4 is 5.32 Å². The van der Waals surface area contributed by atoms with Crippen molar-refractivity contribution < 1.29 is 0 Å². The third kappa shape index (κ3) is 2.64. The van der Waals surface area contributed by atoms with Crippen LogP contribution in [0.25, 0.3) is 0 Å². The van der Waals surface area contributed by atoms with Gasteiger partial charge in [-0.25, -0.2) is 4.98 Å². The number of anilines is 1. The van der Waals surface area contributed by atoms with Crippen LogP contribution in [0, 0.1) is 0 Å². The minimum Gasteiger partial charge on any atom is -0.353 e. The lowest BCUT2D eigenvalue weighted by molar-refractivity contribution is 0.632. The topological polar surface area (TPSA) is 50.7 Å². The second-order valence-electron chi connectivity index (χ2n) is 4.02. The van der Waals surface area contributed by atoms with E-state index in [0.717, 1.165) is 37.2 Å². The molecular formula is C11H18N4. The van der Waals surface area contributed by atoms with Gasteiger partial charge >= 0.3 is 0 Å². The highest BCUT2D eigenvalue weighted by molar-refractivity contribution is 5.26. The smallest absolute Gasteiger partial charge is 0.242 e. The number of hydrogen-bond donors (Lipinski definition) is 1. The summed E-state index contributed by atoms with van der Waals surface area (Å²) >= 11 is 0. The SMILES string of the molecule is CCCCNc1nnc2c(n1)CCCC2. The van der Waals surface area contributed by atoms with Crippen molar-refractivity contribution in [2.45, 2.75) is 45.4 Å². The predicted octanol–water partition coefficient (Wildman–Crippen LogP) is 1.96. The Morgan fingerprint density at radius 2 is 1.93 bits per heavy atom. The summed E-state index contributed by atoms with van der Waals surface area (Å²) in [6.45, 7) is 3.12. The van der Waals surface area contributed by atoms with Gasteiger partial charge in [0.05, 0.1) is 11.4 Å². The van der Waals surface area contributed by atoms with Crippen LogP contribution in [0.3, 0.4) is 0 Å². The molecule has 0 saturated carbocycles. The number of rotatable bonds is 4. The Bertz CT molecular complexity index is 324. The zero-order valence-electron chi connectivity index (χ0n) is 9.29. The van der Waals surface area contributed by atoms with Crippen LogP contribution in [0.15, 0.2) is 0 Å². The van der Waals surface area contributed by atoms with Gasteiger partial charge in [0.15, 0.2) is 0 Å². The van der Waals surface area contributed by atoms with Crippen molar-refractivity contribution in [3.63, 3.8) is 0 Å². The standard InChI is InChI=1S/C11H18N4/c1-2-3-8-12-11-13-9-6-4-5-7-10(9)14-15-11/h2-8H2,1H3,(H,12,13,15). The Kier molecular flexibility index (Phi) is 3.48. The lowest BCUT2D eigenvalue weighted by Gasteiger charge is -2.13. The monoisotopic (exact) mass is 206 g/mol. The van der Waals surface area contributed by atoms with Gasteiger partial charge < -0.3 is 5.32 Å². The molecule has 15 heavy (non-hydrogen) atoms. The Balaban J connectivity index is 2.00. The van der Waals surface area contributed by atoms with Gasteiger partial charge in [0.25, 0.3) is 0 Å². The predicted molar refractivity (Wildman–Crippen MR) is 59.9 cm³/mol. The van der Waals surface area contributed by atoms with Gasteiger partial charge in [-0.15, -0.1) is 10.2 Å². The average molecular weight is 206 g/mol. The number of aromatic nitrogens is 3. The van der Waals surface area contributed by atoms with Crippen molar-refractivity contribution in [2.24, 2.45) is 0 Å². The van der Waals surface area contributed by atoms with Crippen molar-refractivity contribution in [3.05, 3.63) is 11.4 Å². The molecule has 0 amide bonds. The van der Waals surface area contributed by atoms with E-state index in [9.17, 15) is 0 Å². The molecule has 82 valence electrons. The molecule has 0 bridgehead atoms. The second-order valence-corrected chi connectivity index (χ2v) is 4.02. The summed E-state index contributed by atoms with van der Waals surface area (Å²) in [5, 5.41) is 11.5. The quantitative estimate of drug-likeness (QED) is 0.765. The zero-order valence-corrected chi connectivity index (χ0v) is 9.29. The molecule has 1 N–H and O–H groups in total. The second kappa shape index (κ2) is 5.05. The number of aryl methyl sites for hydroxylation is 2. The van der Waals surface area contributed by atoms with E-state index in [1.54, 1.807) is 0 Å². The van der Waals surface area contributed by atoms with E-state index >= 15 is 0 Å². The Labute approximate surface area is 90.5 Å². The Morgan fingerprint density at radius 1 is 1.13 bits per heavy atom. The first kappa shape index (κ1) is 10.3. The summed E-state index contributed by atoms with van der Waals surface area (Å²) in [5.74, 6) is 0.698. The molecule has 1 heterocycles. The average Bonchev–Trinajstić information content (AvgIpc) is 2.29. The van der Waals surface area contributed by atoms with E-state index in [1.807, 2.05) is 0 Å². The summed E-state index contributed by atoms with van der Waals surface area (Å²) in [6.07, 6.45) is 6.91. The molecule has 0 radical (unpaired) electrons. The maximum Gasteiger partial charge on any atom is 0.242 e.